The van der Waals surface area contributed by atoms with Gasteiger partial charge in [0.25, 0.3) is 0 Å². The molecule has 2 fully saturated rings. The third-order valence-electron chi connectivity index (χ3n) is 4.35. The van der Waals surface area contributed by atoms with Crippen LogP contribution in [0.3, 0.4) is 0 Å². The molecule has 0 radical (unpaired) electrons. The molecular formula is C14H22N6. The van der Waals surface area contributed by atoms with Crippen LogP contribution in [-0.2, 0) is 0 Å². The lowest BCUT2D eigenvalue weighted by Gasteiger charge is -2.27. The number of nitriles is 1. The molecule has 0 aromatic carbocycles. The highest BCUT2D eigenvalue weighted by atomic mass is 15.4. The van der Waals surface area contributed by atoms with E-state index >= 15 is 0 Å². The fourth-order valence-electron chi connectivity index (χ4n) is 3.02. The van der Waals surface area contributed by atoms with Crippen LogP contribution in [0.5, 0.6) is 0 Å². The van der Waals surface area contributed by atoms with Crippen molar-refractivity contribution in [1.82, 2.24) is 15.1 Å². The summed E-state index contributed by atoms with van der Waals surface area (Å²) in [5, 5.41) is 20.4. The number of aromatic nitrogens is 2. The fourth-order valence-corrected chi connectivity index (χ4v) is 3.02. The first-order valence-electron chi connectivity index (χ1n) is 7.55. The van der Waals surface area contributed by atoms with Crippen molar-refractivity contribution in [3.63, 3.8) is 0 Å². The monoisotopic (exact) mass is 274 g/mol. The first-order chi connectivity index (χ1) is 9.79. The zero-order valence-corrected chi connectivity index (χ0v) is 11.7. The van der Waals surface area contributed by atoms with Crippen molar-refractivity contribution in [2.45, 2.75) is 50.6 Å². The van der Waals surface area contributed by atoms with E-state index in [0.29, 0.717) is 29.3 Å². The number of nitrogens with one attached hydrogen (secondary N) is 2. The molecule has 1 aliphatic carbocycles. The Hall–Kier alpha value is -1.74. The summed E-state index contributed by atoms with van der Waals surface area (Å²) in [6, 6.07) is 2.91. The lowest BCUT2D eigenvalue weighted by atomic mass is 10.1. The minimum Gasteiger partial charge on any atom is -0.383 e. The van der Waals surface area contributed by atoms with Crippen LogP contribution in [0, 0.1) is 11.3 Å². The molecule has 0 bridgehead atoms. The molecule has 108 valence electrons. The Morgan fingerprint density at radius 3 is 2.50 bits per heavy atom. The van der Waals surface area contributed by atoms with E-state index in [1.165, 1.54) is 25.7 Å². The molecular weight excluding hydrogens is 252 g/mol. The third kappa shape index (κ3) is 2.46. The van der Waals surface area contributed by atoms with Gasteiger partial charge in [-0.05, 0) is 12.8 Å². The van der Waals surface area contributed by atoms with E-state index in [1.54, 1.807) is 0 Å². The van der Waals surface area contributed by atoms with Crippen LogP contribution in [0.2, 0.25) is 0 Å². The van der Waals surface area contributed by atoms with Crippen molar-refractivity contribution >= 4 is 11.6 Å². The van der Waals surface area contributed by atoms with Crippen molar-refractivity contribution < 1.29 is 0 Å². The molecule has 20 heavy (non-hydrogen) atoms. The van der Waals surface area contributed by atoms with E-state index in [-0.39, 0.29) is 0 Å². The summed E-state index contributed by atoms with van der Waals surface area (Å²) in [4.78, 5) is 0. The molecule has 3 rings (SSSR count). The van der Waals surface area contributed by atoms with Crippen LogP contribution in [0.4, 0.5) is 11.6 Å². The Bertz CT molecular complexity index is 502. The standard InChI is InChI=1S/C14H22N6/c15-7-12-13(16)20(11-5-3-1-2-4-6-11)19-14(12)18-10-8-17-9-10/h10-11,17H,1-6,8-9,16H2,(H,18,19). The quantitative estimate of drug-likeness (QED) is 0.728. The number of nitrogens with two attached hydrogens (primary N) is 1. The maximum absolute atomic E-state index is 9.33. The van der Waals surface area contributed by atoms with Crippen LogP contribution in [-0.4, -0.2) is 28.9 Å². The zero-order chi connectivity index (χ0) is 13.9. The average Bonchev–Trinajstić information content (AvgIpc) is 2.58. The van der Waals surface area contributed by atoms with Crippen LogP contribution in [0.25, 0.3) is 0 Å². The van der Waals surface area contributed by atoms with Gasteiger partial charge in [-0.25, -0.2) is 4.68 Å². The SMILES string of the molecule is N#Cc1c(NC2CNC2)nn(C2CCCCCC2)c1N. The molecule has 6 heteroatoms. The first-order valence-corrected chi connectivity index (χ1v) is 7.55. The minimum atomic E-state index is 0.347. The smallest absolute Gasteiger partial charge is 0.168 e. The summed E-state index contributed by atoms with van der Waals surface area (Å²) in [5.74, 6) is 1.18. The molecule has 0 amide bonds. The number of hydrogen-bond donors (Lipinski definition) is 3. The van der Waals surface area contributed by atoms with Gasteiger partial charge in [0.2, 0.25) is 0 Å². The highest BCUT2D eigenvalue weighted by Gasteiger charge is 2.25. The molecule has 1 saturated carbocycles. The Morgan fingerprint density at radius 2 is 1.95 bits per heavy atom. The van der Waals surface area contributed by atoms with Crippen LogP contribution >= 0.6 is 0 Å². The maximum atomic E-state index is 9.33. The highest BCUT2D eigenvalue weighted by molar-refractivity contribution is 5.64. The van der Waals surface area contributed by atoms with Crippen molar-refractivity contribution in [3.05, 3.63) is 5.56 Å². The molecule has 1 aromatic rings. The second-order valence-electron chi connectivity index (χ2n) is 5.81. The summed E-state index contributed by atoms with van der Waals surface area (Å²) in [5.41, 5.74) is 6.66. The molecule has 0 atom stereocenters. The lowest BCUT2D eigenvalue weighted by molar-refractivity contribution is 0.410. The lowest BCUT2D eigenvalue weighted by Crippen LogP contribution is -2.51. The molecule has 4 N–H and O–H groups in total. The molecule has 0 spiro atoms. The van der Waals surface area contributed by atoms with Gasteiger partial charge in [0, 0.05) is 13.1 Å². The van der Waals surface area contributed by atoms with Crippen LogP contribution < -0.4 is 16.4 Å². The van der Waals surface area contributed by atoms with Gasteiger partial charge >= 0.3 is 0 Å². The summed E-state index contributed by atoms with van der Waals surface area (Å²) in [6.07, 6.45) is 7.26. The zero-order valence-electron chi connectivity index (χ0n) is 11.7. The van der Waals surface area contributed by atoms with E-state index < -0.39 is 0 Å². The largest absolute Gasteiger partial charge is 0.383 e. The van der Waals surface area contributed by atoms with Gasteiger partial charge < -0.3 is 16.4 Å². The molecule has 6 nitrogen and oxygen atoms in total. The molecule has 2 aliphatic rings. The molecule has 2 heterocycles. The first kappa shape index (κ1) is 13.3. The predicted octanol–water partition coefficient (Wildman–Crippen LogP) is 1.62. The van der Waals surface area contributed by atoms with Crippen molar-refractivity contribution in [2.75, 3.05) is 24.1 Å². The van der Waals surface area contributed by atoms with Crippen molar-refractivity contribution in [3.8, 4) is 6.07 Å². The second-order valence-corrected chi connectivity index (χ2v) is 5.81. The number of hydrogen-bond acceptors (Lipinski definition) is 5. The molecule has 1 aromatic heterocycles. The van der Waals surface area contributed by atoms with Gasteiger partial charge in [0.1, 0.15) is 17.5 Å². The average molecular weight is 274 g/mol. The normalized spacial score (nSPS) is 20.9. The van der Waals surface area contributed by atoms with Gasteiger partial charge in [0.05, 0.1) is 12.1 Å². The van der Waals surface area contributed by atoms with Crippen LogP contribution in [0.1, 0.15) is 50.1 Å². The van der Waals surface area contributed by atoms with Crippen LogP contribution in [0.15, 0.2) is 0 Å². The second kappa shape index (κ2) is 5.71. The Labute approximate surface area is 119 Å². The maximum Gasteiger partial charge on any atom is 0.168 e. The fraction of sp³-hybridized carbons (Fsp3) is 0.714. The van der Waals surface area contributed by atoms with E-state index in [1.807, 2.05) is 4.68 Å². The van der Waals surface area contributed by atoms with Crippen molar-refractivity contribution in [1.29, 1.82) is 5.26 Å². The summed E-state index contributed by atoms with van der Waals surface area (Å²) in [7, 11) is 0. The Kier molecular flexibility index (Phi) is 3.79. The molecule has 0 unspecified atom stereocenters. The van der Waals surface area contributed by atoms with Crippen molar-refractivity contribution in [2.24, 2.45) is 0 Å². The summed E-state index contributed by atoms with van der Waals surface area (Å²) < 4.78 is 1.89. The Balaban J connectivity index is 1.84. The number of anilines is 2. The highest BCUT2D eigenvalue weighted by Crippen LogP contribution is 2.32. The van der Waals surface area contributed by atoms with E-state index in [4.69, 9.17) is 5.73 Å². The van der Waals surface area contributed by atoms with Gasteiger partial charge in [-0.3, -0.25) is 0 Å². The number of nitrogen functional groups attached to an aromatic ring is 1. The van der Waals surface area contributed by atoms with E-state index in [2.05, 4.69) is 21.8 Å². The Morgan fingerprint density at radius 1 is 1.25 bits per heavy atom. The van der Waals surface area contributed by atoms with E-state index in [9.17, 15) is 5.26 Å². The van der Waals surface area contributed by atoms with E-state index in [0.717, 1.165) is 25.9 Å². The topological polar surface area (TPSA) is 91.7 Å². The summed E-state index contributed by atoms with van der Waals surface area (Å²) >= 11 is 0. The van der Waals surface area contributed by atoms with Gasteiger partial charge in [-0.2, -0.15) is 10.4 Å². The molecule has 1 aliphatic heterocycles. The third-order valence-corrected chi connectivity index (χ3v) is 4.35. The van der Waals surface area contributed by atoms with Gasteiger partial charge in [-0.15, -0.1) is 0 Å². The predicted molar refractivity (Wildman–Crippen MR) is 78.4 cm³/mol. The number of nitrogens with zero attached hydrogens (tertiary/aromatic N) is 3. The number of rotatable bonds is 3. The summed E-state index contributed by atoms with van der Waals surface area (Å²) in [6.45, 7) is 1.84. The minimum absolute atomic E-state index is 0.347. The van der Waals surface area contributed by atoms with Gasteiger partial charge in [-0.1, -0.05) is 25.7 Å². The van der Waals surface area contributed by atoms with Gasteiger partial charge in [0.15, 0.2) is 5.82 Å². The molecule has 1 saturated heterocycles.